The van der Waals surface area contributed by atoms with Gasteiger partial charge in [-0.1, -0.05) is 0 Å². The highest BCUT2D eigenvalue weighted by Gasteiger charge is 2.42. The first kappa shape index (κ1) is 11.1. The van der Waals surface area contributed by atoms with Gasteiger partial charge in [0.05, 0.1) is 0 Å². The second-order valence-corrected chi connectivity index (χ2v) is 3.67. The van der Waals surface area contributed by atoms with E-state index in [4.69, 9.17) is 13.3 Å². The van der Waals surface area contributed by atoms with Gasteiger partial charge in [-0.2, -0.15) is 0 Å². The summed E-state index contributed by atoms with van der Waals surface area (Å²) in [7, 11) is -3.50. The maximum Gasteiger partial charge on any atom is 0.707 e. The van der Waals surface area contributed by atoms with Gasteiger partial charge in [-0.3, -0.25) is 0 Å². The fourth-order valence-corrected chi connectivity index (χ4v) is 1.97. The summed E-state index contributed by atoms with van der Waals surface area (Å²) in [6.45, 7) is 6.27. The molecule has 0 aromatic heterocycles. The molecule has 0 spiro atoms. The quantitative estimate of drug-likeness (QED) is 0.571. The minimum atomic E-state index is -3.50. The van der Waals surface area contributed by atoms with Gasteiger partial charge in [0.2, 0.25) is 0 Å². The molecule has 0 aromatic carbocycles. The van der Waals surface area contributed by atoms with Crippen molar-refractivity contribution in [3.05, 3.63) is 0 Å². The van der Waals surface area contributed by atoms with Crippen molar-refractivity contribution in [3.8, 4) is 0 Å². The van der Waals surface area contributed by atoms with Crippen molar-refractivity contribution in [1.29, 1.82) is 0 Å². The third kappa shape index (κ3) is 4.49. The fourth-order valence-electron chi connectivity index (χ4n) is 0.655. The molecule has 0 heterocycles. The molecule has 67 valence electrons. The molecule has 4 nitrogen and oxygen atoms in total. The Hall–Kier alpha value is 0.0569. The molecule has 0 N–H and O–H groups in total. The van der Waals surface area contributed by atoms with E-state index in [1.807, 2.05) is 0 Å². The average molecular weight is 179 g/mol. The van der Waals surface area contributed by atoms with Crippen LogP contribution >= 0.6 is 0 Å². The second kappa shape index (κ2) is 5.67. The van der Waals surface area contributed by atoms with E-state index >= 15 is 0 Å². The van der Waals surface area contributed by atoms with E-state index < -0.39 is 9.05 Å². The lowest BCUT2D eigenvalue weighted by Gasteiger charge is -2.18. The normalized spacial score (nSPS) is 12.0. The predicted molar refractivity (Wildman–Crippen MR) is 41.3 cm³/mol. The van der Waals surface area contributed by atoms with Crippen molar-refractivity contribution in [2.75, 3.05) is 19.8 Å². The Balaban J connectivity index is 3.79. The smallest absolute Gasteiger partial charge is 0.350 e. The van der Waals surface area contributed by atoms with Crippen molar-refractivity contribution in [3.63, 3.8) is 0 Å². The summed E-state index contributed by atoms with van der Waals surface area (Å²) >= 11 is 0. The van der Waals surface area contributed by atoms with Crippen LogP contribution in [0.15, 0.2) is 0 Å². The van der Waals surface area contributed by atoms with Crippen LogP contribution in [0.4, 0.5) is 0 Å². The summed E-state index contributed by atoms with van der Waals surface area (Å²) in [6.07, 6.45) is 0. The Morgan fingerprint density at radius 1 is 0.909 bits per heavy atom. The first-order valence-electron chi connectivity index (χ1n) is 3.80. The third-order valence-corrected chi connectivity index (χ3v) is 2.89. The van der Waals surface area contributed by atoms with Crippen LogP contribution in [0.5, 0.6) is 0 Å². The Morgan fingerprint density at radius 2 is 1.18 bits per heavy atom. The highest BCUT2D eigenvalue weighted by atomic mass is 28.4. The Kier molecular flexibility index (Phi) is 5.70. The lowest BCUT2D eigenvalue weighted by atomic mass is 10.9. The summed E-state index contributed by atoms with van der Waals surface area (Å²) in [5.74, 6) is 0. The van der Waals surface area contributed by atoms with Gasteiger partial charge in [0.25, 0.3) is 0 Å². The molecule has 11 heavy (non-hydrogen) atoms. The van der Waals surface area contributed by atoms with E-state index in [1.54, 1.807) is 20.8 Å². The molecular weight excluding hydrogens is 164 g/mol. The van der Waals surface area contributed by atoms with E-state index in [0.717, 1.165) is 0 Å². The van der Waals surface area contributed by atoms with Gasteiger partial charge in [-0.05, 0) is 20.8 Å². The van der Waals surface area contributed by atoms with Crippen molar-refractivity contribution in [2.24, 2.45) is 0 Å². The zero-order valence-electron chi connectivity index (χ0n) is 7.25. The van der Waals surface area contributed by atoms with Crippen molar-refractivity contribution in [1.82, 2.24) is 0 Å². The molecule has 0 amide bonds. The lowest BCUT2D eigenvalue weighted by molar-refractivity contribution is -0.0205. The molecule has 0 bridgehead atoms. The fraction of sp³-hybridized carbons (Fsp3) is 1.00. The summed E-state index contributed by atoms with van der Waals surface area (Å²) in [6, 6.07) is 0. The summed E-state index contributed by atoms with van der Waals surface area (Å²) in [4.78, 5) is 11.4. The molecule has 0 saturated heterocycles. The van der Waals surface area contributed by atoms with Gasteiger partial charge < -0.3 is 13.3 Å². The van der Waals surface area contributed by atoms with Crippen LogP contribution in [0.25, 0.3) is 0 Å². The van der Waals surface area contributed by atoms with Crippen LogP contribution < -0.4 is 0 Å². The molecule has 1 radical (unpaired) electrons. The predicted octanol–water partition coefficient (Wildman–Crippen LogP) is 0.962. The molecule has 0 rings (SSSR count). The topological polar surface area (TPSA) is 47.6 Å². The largest absolute Gasteiger partial charge is 0.707 e. The van der Waals surface area contributed by atoms with Crippen LogP contribution in [-0.4, -0.2) is 28.9 Å². The van der Waals surface area contributed by atoms with E-state index in [0.29, 0.717) is 19.8 Å². The summed E-state index contributed by atoms with van der Waals surface area (Å²) in [5, 5.41) is 0. The highest BCUT2D eigenvalue weighted by Crippen LogP contribution is 2.05. The maximum absolute atomic E-state index is 11.4. The molecule has 0 aliphatic heterocycles. The maximum atomic E-state index is 11.4. The van der Waals surface area contributed by atoms with Crippen LogP contribution in [0.3, 0.4) is 0 Å². The van der Waals surface area contributed by atoms with Gasteiger partial charge in [0.1, 0.15) is 0 Å². The van der Waals surface area contributed by atoms with Gasteiger partial charge in [-0.15, -0.1) is 0 Å². The molecule has 0 aromatic rings. The van der Waals surface area contributed by atoms with Crippen molar-refractivity contribution >= 4 is 9.05 Å². The van der Waals surface area contributed by atoms with Gasteiger partial charge in [-0.25, -0.2) is 4.80 Å². The standard InChI is InChI=1S/C6H15O4Si/c1-4-8-11(7,9-5-2)10-6-3/h4-6H2,1-3H3. The highest BCUT2D eigenvalue weighted by molar-refractivity contribution is 6.51. The van der Waals surface area contributed by atoms with Gasteiger partial charge in [0.15, 0.2) is 0 Å². The Morgan fingerprint density at radius 3 is 1.36 bits per heavy atom. The molecule has 0 fully saturated rings. The van der Waals surface area contributed by atoms with E-state index in [2.05, 4.69) is 0 Å². The Bertz CT molecular complexity index is 81.6. The SMILES string of the molecule is CCO[Si]([O])(OCC)OCC. The molecule has 5 heteroatoms. The number of hydrogen-bond acceptors (Lipinski definition) is 3. The van der Waals surface area contributed by atoms with Gasteiger partial charge in [0, 0.05) is 19.8 Å². The molecule has 0 aliphatic carbocycles. The third-order valence-electron chi connectivity index (χ3n) is 0.963. The summed E-state index contributed by atoms with van der Waals surface area (Å²) < 4.78 is 14.5. The minimum absolute atomic E-state index is 0.343. The van der Waals surface area contributed by atoms with Gasteiger partial charge >= 0.3 is 9.05 Å². The first-order valence-corrected chi connectivity index (χ1v) is 5.44. The summed E-state index contributed by atoms with van der Waals surface area (Å²) in [5.41, 5.74) is 0. The number of rotatable bonds is 6. The van der Waals surface area contributed by atoms with Crippen LogP contribution in [0.1, 0.15) is 20.8 Å². The molecule has 0 unspecified atom stereocenters. The van der Waals surface area contributed by atoms with Crippen molar-refractivity contribution < 1.29 is 18.1 Å². The van der Waals surface area contributed by atoms with E-state index in [9.17, 15) is 4.80 Å². The van der Waals surface area contributed by atoms with Crippen LogP contribution in [0.2, 0.25) is 0 Å². The zero-order valence-corrected chi connectivity index (χ0v) is 8.25. The van der Waals surface area contributed by atoms with Crippen LogP contribution in [0, 0.1) is 0 Å². The lowest BCUT2D eigenvalue weighted by Crippen LogP contribution is -2.44. The minimum Gasteiger partial charge on any atom is -0.350 e. The zero-order chi connectivity index (χ0) is 8.74. The monoisotopic (exact) mass is 179 g/mol. The van der Waals surface area contributed by atoms with E-state index in [1.165, 1.54) is 0 Å². The van der Waals surface area contributed by atoms with E-state index in [-0.39, 0.29) is 0 Å². The Labute approximate surface area is 68.6 Å². The number of hydrogen-bond donors (Lipinski definition) is 0. The van der Waals surface area contributed by atoms with Crippen molar-refractivity contribution in [2.45, 2.75) is 20.8 Å². The molecule has 0 saturated carbocycles. The molecule has 0 aliphatic rings. The second-order valence-electron chi connectivity index (χ2n) is 1.80. The first-order chi connectivity index (χ1) is 5.18. The molecule has 0 atom stereocenters. The van der Waals surface area contributed by atoms with Crippen LogP contribution in [-0.2, 0) is 18.1 Å². The molecular formula is C6H15O4Si. The average Bonchev–Trinajstić information content (AvgIpc) is 1.88.